The van der Waals surface area contributed by atoms with Gasteiger partial charge in [0.05, 0.1) is 21.0 Å². The number of rotatable bonds is 9. The number of imidazole rings is 2. The second-order valence-electron chi connectivity index (χ2n) is 9.05. The molecule has 0 radical (unpaired) electrons. The van der Waals surface area contributed by atoms with Gasteiger partial charge in [-0.1, -0.05) is 43.9 Å². The van der Waals surface area contributed by atoms with Gasteiger partial charge in [0.1, 0.15) is 18.4 Å². The first kappa shape index (κ1) is 26.4. The molecule has 4 aromatic rings. The summed E-state index contributed by atoms with van der Waals surface area (Å²) in [5, 5.41) is 21.8. The summed E-state index contributed by atoms with van der Waals surface area (Å²) in [4.78, 5) is 32.1. The predicted molar refractivity (Wildman–Crippen MR) is 139 cm³/mol. The van der Waals surface area contributed by atoms with Gasteiger partial charge in [-0.25, -0.2) is 9.97 Å². The van der Waals surface area contributed by atoms with Crippen molar-refractivity contribution in [2.75, 3.05) is 6.61 Å². The summed E-state index contributed by atoms with van der Waals surface area (Å²) >= 11 is 0. The molecule has 0 aliphatic heterocycles. The first-order valence-corrected chi connectivity index (χ1v) is 14.9. The number of nitro groups is 2. The Morgan fingerprint density at radius 2 is 1.53 bits per heavy atom. The minimum absolute atomic E-state index is 0.0528. The number of para-hydroxylation sites is 2. The molecule has 0 bridgehead atoms. The van der Waals surface area contributed by atoms with E-state index in [4.69, 9.17) is 4.74 Å². The third-order valence-corrected chi connectivity index (χ3v) is 6.84. The van der Waals surface area contributed by atoms with Gasteiger partial charge in [0.25, 0.3) is 11.4 Å². The van der Waals surface area contributed by atoms with Gasteiger partial charge >= 0.3 is 0 Å². The van der Waals surface area contributed by atoms with E-state index in [1.165, 1.54) is 12.1 Å². The summed E-state index contributed by atoms with van der Waals surface area (Å²) in [5.74, 6) is 1.07. The second kappa shape index (κ2) is 12.0. The van der Waals surface area contributed by atoms with Gasteiger partial charge in [-0.3, -0.25) is 20.2 Å². The molecule has 0 saturated carbocycles. The Balaban J connectivity index is 0.000000221. The fourth-order valence-corrected chi connectivity index (χ4v) is 4.02. The number of benzene rings is 2. The van der Waals surface area contributed by atoms with Gasteiger partial charge in [0, 0.05) is 51.6 Å². The van der Waals surface area contributed by atoms with Crippen LogP contribution >= 0.6 is 0 Å². The highest BCUT2D eigenvalue weighted by atomic mass is 28.3. The van der Waals surface area contributed by atoms with E-state index in [1.807, 2.05) is 0 Å². The molecule has 36 heavy (non-hydrogen) atoms. The quantitative estimate of drug-likeness (QED) is 0.131. The maximum Gasteiger partial charge on any atom is 0.280 e. The van der Waals surface area contributed by atoms with E-state index in [0.717, 1.165) is 6.04 Å². The average Bonchev–Trinajstić information content (AvgIpc) is 3.54. The summed E-state index contributed by atoms with van der Waals surface area (Å²) in [6.45, 7) is 7.95. The molecule has 0 aliphatic rings. The largest absolute Gasteiger partial charge is 0.361 e. The van der Waals surface area contributed by atoms with E-state index in [9.17, 15) is 20.2 Å². The third kappa shape index (κ3) is 7.17. The van der Waals surface area contributed by atoms with Crippen molar-refractivity contribution < 1.29 is 14.6 Å². The minimum atomic E-state index is -1.12. The van der Waals surface area contributed by atoms with Crippen molar-refractivity contribution in [1.29, 1.82) is 0 Å². The van der Waals surface area contributed by atoms with E-state index < -0.39 is 13.0 Å². The summed E-state index contributed by atoms with van der Waals surface area (Å²) in [6, 6.07) is 14.2. The highest BCUT2D eigenvalue weighted by molar-refractivity contribution is 6.76. The molecule has 188 valence electrons. The molecule has 0 aliphatic carbocycles. The molecular weight excluding hydrogens is 480 g/mol. The topological polar surface area (TPSA) is 142 Å². The van der Waals surface area contributed by atoms with Gasteiger partial charge in [-0.15, -0.1) is 0 Å². The number of nitro benzene ring substituents is 2. The summed E-state index contributed by atoms with van der Waals surface area (Å²) in [6.07, 6.45) is 6.60. The molecule has 11 nitrogen and oxygen atoms in total. The van der Waals surface area contributed by atoms with Crippen LogP contribution in [0, 0.1) is 20.2 Å². The zero-order valence-corrected chi connectivity index (χ0v) is 21.3. The van der Waals surface area contributed by atoms with E-state index in [2.05, 4.69) is 34.6 Å². The fraction of sp³-hybridized carbons (Fsp3) is 0.250. The average molecular weight is 509 g/mol. The molecule has 0 amide bonds. The molecule has 0 unspecified atom stereocenters. The Labute approximate surface area is 209 Å². The van der Waals surface area contributed by atoms with E-state index >= 15 is 0 Å². The van der Waals surface area contributed by atoms with Crippen LogP contribution in [0.1, 0.15) is 0 Å². The van der Waals surface area contributed by atoms with Crippen LogP contribution in [0.25, 0.3) is 22.8 Å². The number of aromatic amines is 1. The molecule has 12 heteroatoms. The molecule has 2 aromatic heterocycles. The fourth-order valence-electron chi connectivity index (χ4n) is 3.27. The maximum atomic E-state index is 11.1. The Morgan fingerprint density at radius 3 is 2.11 bits per heavy atom. The van der Waals surface area contributed by atoms with Crippen molar-refractivity contribution >= 4 is 19.4 Å². The van der Waals surface area contributed by atoms with Crippen LogP contribution in [0.3, 0.4) is 0 Å². The summed E-state index contributed by atoms with van der Waals surface area (Å²) < 4.78 is 7.50. The van der Waals surface area contributed by atoms with Crippen molar-refractivity contribution in [1.82, 2.24) is 19.5 Å². The maximum absolute atomic E-state index is 11.1. The van der Waals surface area contributed by atoms with Crippen molar-refractivity contribution in [3.8, 4) is 22.8 Å². The number of nitrogens with zero attached hydrogens (tertiary/aromatic N) is 5. The van der Waals surface area contributed by atoms with Gasteiger partial charge in [-0.2, -0.15) is 0 Å². The first-order valence-electron chi connectivity index (χ1n) is 11.2. The van der Waals surface area contributed by atoms with E-state index in [-0.39, 0.29) is 16.3 Å². The second-order valence-corrected chi connectivity index (χ2v) is 14.7. The van der Waals surface area contributed by atoms with Crippen molar-refractivity contribution in [3.63, 3.8) is 0 Å². The van der Waals surface area contributed by atoms with Gasteiger partial charge in [-0.05, 0) is 18.2 Å². The lowest BCUT2D eigenvalue weighted by Gasteiger charge is -2.16. The van der Waals surface area contributed by atoms with Crippen LogP contribution in [-0.2, 0) is 11.5 Å². The van der Waals surface area contributed by atoms with Crippen molar-refractivity contribution in [3.05, 3.63) is 93.5 Å². The van der Waals surface area contributed by atoms with Crippen LogP contribution in [0.15, 0.2) is 73.3 Å². The Hall–Kier alpha value is -4.16. The molecule has 2 heterocycles. The predicted octanol–water partition coefficient (Wildman–Crippen LogP) is 5.76. The normalized spacial score (nSPS) is 11.0. The summed E-state index contributed by atoms with van der Waals surface area (Å²) in [5.41, 5.74) is 1.12. The number of hydrogen-bond acceptors (Lipinski definition) is 7. The molecular formula is C24H28N6O5Si. The molecule has 4 rings (SSSR count). The van der Waals surface area contributed by atoms with Crippen molar-refractivity contribution in [2.24, 2.45) is 0 Å². The molecule has 2 aromatic carbocycles. The molecule has 0 saturated heterocycles. The van der Waals surface area contributed by atoms with E-state index in [0.29, 0.717) is 36.1 Å². The third-order valence-electron chi connectivity index (χ3n) is 5.14. The SMILES string of the molecule is C[Si](C)(C)CCOCn1ccnc1-c1ccccc1[N+](=O)[O-].O=[N+]([O-])c1ccccc1-c1ncc[nH]1. The lowest BCUT2D eigenvalue weighted by Crippen LogP contribution is -2.22. The standard InChI is InChI=1S/C15H21N3O3Si.C9H7N3O2/c1-22(2,3)11-10-21-12-17-9-8-16-15(17)13-6-4-5-7-14(13)18(19)20;13-12(14)8-4-2-1-3-7(8)9-10-5-6-11-9/h4-9H,10-12H2,1-3H3;1-6H,(H,10,11). The molecule has 1 N–H and O–H groups in total. The smallest absolute Gasteiger partial charge is 0.280 e. The highest BCUT2D eigenvalue weighted by Gasteiger charge is 2.19. The van der Waals surface area contributed by atoms with Crippen LogP contribution in [0.5, 0.6) is 0 Å². The number of H-pyrrole nitrogens is 1. The molecule has 0 fully saturated rings. The van der Waals surface area contributed by atoms with E-state index in [1.54, 1.807) is 65.8 Å². The van der Waals surface area contributed by atoms with Gasteiger partial charge in [0.15, 0.2) is 0 Å². The molecule has 0 atom stereocenters. The number of aromatic nitrogens is 4. The first-order chi connectivity index (χ1) is 17.2. The molecule has 0 spiro atoms. The lowest BCUT2D eigenvalue weighted by atomic mass is 10.1. The van der Waals surface area contributed by atoms with Crippen LogP contribution in [0.4, 0.5) is 11.4 Å². The Kier molecular flexibility index (Phi) is 8.81. The minimum Gasteiger partial charge on any atom is -0.361 e. The number of nitrogens with one attached hydrogen (secondary N) is 1. The van der Waals surface area contributed by atoms with Crippen LogP contribution < -0.4 is 0 Å². The Morgan fingerprint density at radius 1 is 0.917 bits per heavy atom. The highest BCUT2D eigenvalue weighted by Crippen LogP contribution is 2.28. The Bertz CT molecular complexity index is 1300. The monoisotopic (exact) mass is 508 g/mol. The number of ether oxygens (including phenoxy) is 1. The zero-order valence-electron chi connectivity index (χ0n) is 20.3. The van der Waals surface area contributed by atoms with Crippen LogP contribution in [-0.4, -0.2) is 44.0 Å². The van der Waals surface area contributed by atoms with Gasteiger partial charge < -0.3 is 14.3 Å². The van der Waals surface area contributed by atoms with Crippen molar-refractivity contribution in [2.45, 2.75) is 32.4 Å². The lowest BCUT2D eigenvalue weighted by molar-refractivity contribution is -0.384. The zero-order chi connectivity index (χ0) is 26.1. The number of hydrogen-bond donors (Lipinski definition) is 1. The summed E-state index contributed by atoms with van der Waals surface area (Å²) in [7, 11) is -1.12. The van der Waals surface area contributed by atoms with Gasteiger partial charge in [0.2, 0.25) is 0 Å². The van der Waals surface area contributed by atoms with Crippen LogP contribution in [0.2, 0.25) is 25.7 Å².